The fourth-order valence-corrected chi connectivity index (χ4v) is 4.06. The summed E-state index contributed by atoms with van der Waals surface area (Å²) in [4.78, 5) is 12.1. The van der Waals surface area contributed by atoms with Gasteiger partial charge in [0.1, 0.15) is 5.82 Å². The predicted octanol–water partition coefficient (Wildman–Crippen LogP) is 3.66. The summed E-state index contributed by atoms with van der Waals surface area (Å²) in [6, 6.07) is 6.98. The maximum atomic E-state index is 13.2. The molecular formula is C18H20ClFN2O3S. The van der Waals surface area contributed by atoms with E-state index in [1.165, 1.54) is 7.05 Å². The van der Waals surface area contributed by atoms with E-state index < -0.39 is 21.7 Å². The topological polar surface area (TPSA) is 66.5 Å². The number of aryl methyl sites for hydroxylation is 3. The van der Waals surface area contributed by atoms with Crippen LogP contribution in [0.5, 0.6) is 0 Å². The number of carbonyl (C=O) groups is 1. The number of sulfonamides is 1. The number of rotatable bonds is 5. The highest BCUT2D eigenvalue weighted by Crippen LogP contribution is 2.23. The van der Waals surface area contributed by atoms with Gasteiger partial charge < -0.3 is 5.32 Å². The van der Waals surface area contributed by atoms with Gasteiger partial charge in [0.2, 0.25) is 15.9 Å². The average molecular weight is 399 g/mol. The second-order valence-electron chi connectivity index (χ2n) is 6.16. The minimum Gasteiger partial charge on any atom is -0.324 e. The molecule has 0 atom stereocenters. The molecule has 0 radical (unpaired) electrons. The van der Waals surface area contributed by atoms with E-state index in [9.17, 15) is 17.6 Å². The van der Waals surface area contributed by atoms with Gasteiger partial charge in [-0.1, -0.05) is 29.3 Å². The van der Waals surface area contributed by atoms with Crippen molar-refractivity contribution in [3.63, 3.8) is 0 Å². The number of hydrogen-bond donors (Lipinski definition) is 1. The third-order valence-corrected chi connectivity index (χ3v) is 6.00. The van der Waals surface area contributed by atoms with Gasteiger partial charge in [-0.15, -0.1) is 0 Å². The lowest BCUT2D eigenvalue weighted by atomic mass is 10.1. The summed E-state index contributed by atoms with van der Waals surface area (Å²) >= 11 is 5.65. The zero-order valence-electron chi connectivity index (χ0n) is 14.9. The highest BCUT2D eigenvalue weighted by Gasteiger charge is 2.24. The maximum absolute atomic E-state index is 13.2. The quantitative estimate of drug-likeness (QED) is 0.835. The van der Waals surface area contributed by atoms with Crippen LogP contribution in [0.15, 0.2) is 35.2 Å². The molecule has 0 aliphatic heterocycles. The first-order valence-corrected chi connectivity index (χ1v) is 9.63. The summed E-state index contributed by atoms with van der Waals surface area (Å²) in [7, 11) is -2.69. The minimum atomic E-state index is -3.97. The van der Waals surface area contributed by atoms with E-state index in [0.717, 1.165) is 39.2 Å². The summed E-state index contributed by atoms with van der Waals surface area (Å²) in [5.41, 5.74) is 3.53. The number of amides is 1. The molecule has 2 aromatic rings. The maximum Gasteiger partial charge on any atom is 0.243 e. The number of nitrogens with zero attached hydrogens (tertiary/aromatic N) is 1. The van der Waals surface area contributed by atoms with E-state index in [0.29, 0.717) is 5.69 Å². The van der Waals surface area contributed by atoms with Gasteiger partial charge in [-0.05, 0) is 50.1 Å². The van der Waals surface area contributed by atoms with Crippen molar-refractivity contribution in [3.05, 3.63) is 57.9 Å². The van der Waals surface area contributed by atoms with Gasteiger partial charge in [0, 0.05) is 12.7 Å². The summed E-state index contributed by atoms with van der Waals surface area (Å²) in [5.74, 6) is -1.18. The number of anilines is 1. The van der Waals surface area contributed by atoms with E-state index >= 15 is 0 Å². The molecule has 0 bridgehead atoms. The van der Waals surface area contributed by atoms with E-state index in [2.05, 4.69) is 5.32 Å². The Balaban J connectivity index is 2.17. The lowest BCUT2D eigenvalue weighted by molar-refractivity contribution is -0.116. The van der Waals surface area contributed by atoms with Crippen LogP contribution < -0.4 is 5.32 Å². The fourth-order valence-electron chi connectivity index (χ4n) is 2.66. The van der Waals surface area contributed by atoms with Crippen molar-refractivity contribution < 1.29 is 17.6 Å². The van der Waals surface area contributed by atoms with Gasteiger partial charge in [0.25, 0.3) is 0 Å². The van der Waals surface area contributed by atoms with Gasteiger partial charge in [-0.25, -0.2) is 12.8 Å². The Morgan fingerprint density at radius 1 is 1.15 bits per heavy atom. The molecule has 140 valence electrons. The van der Waals surface area contributed by atoms with Crippen LogP contribution in [-0.2, 0) is 14.8 Å². The summed E-state index contributed by atoms with van der Waals surface area (Å²) in [5, 5.41) is 2.45. The van der Waals surface area contributed by atoms with Gasteiger partial charge >= 0.3 is 0 Å². The van der Waals surface area contributed by atoms with Crippen LogP contribution in [0.25, 0.3) is 0 Å². The first kappa shape index (κ1) is 20.4. The molecule has 0 unspecified atom stereocenters. The molecule has 1 N–H and O–H groups in total. The normalized spacial score (nSPS) is 11.7. The second-order valence-corrected chi connectivity index (χ2v) is 8.61. The Morgan fingerprint density at radius 2 is 1.73 bits per heavy atom. The molecule has 0 fully saturated rings. The van der Waals surface area contributed by atoms with E-state index in [4.69, 9.17) is 11.6 Å². The number of carbonyl (C=O) groups excluding carboxylic acids is 1. The van der Waals surface area contributed by atoms with Gasteiger partial charge in [-0.3, -0.25) is 4.79 Å². The molecule has 0 spiro atoms. The summed E-state index contributed by atoms with van der Waals surface area (Å²) in [6.07, 6.45) is 0. The predicted molar refractivity (Wildman–Crippen MR) is 101 cm³/mol. The molecule has 0 aliphatic rings. The number of hydrogen-bond acceptors (Lipinski definition) is 3. The molecule has 2 aromatic carbocycles. The first-order chi connectivity index (χ1) is 12.0. The van der Waals surface area contributed by atoms with Crippen molar-refractivity contribution in [1.82, 2.24) is 4.31 Å². The minimum absolute atomic E-state index is 0.179. The highest BCUT2D eigenvalue weighted by atomic mass is 35.5. The zero-order valence-corrected chi connectivity index (χ0v) is 16.5. The largest absolute Gasteiger partial charge is 0.324 e. The Bertz CT molecular complexity index is 938. The van der Waals surface area contributed by atoms with Crippen LogP contribution >= 0.6 is 11.6 Å². The zero-order chi connectivity index (χ0) is 19.6. The molecule has 0 aliphatic carbocycles. The third kappa shape index (κ3) is 4.41. The van der Waals surface area contributed by atoms with Crippen LogP contribution in [0.1, 0.15) is 16.7 Å². The van der Waals surface area contributed by atoms with Crippen LogP contribution in [0.4, 0.5) is 10.1 Å². The summed E-state index contributed by atoms with van der Waals surface area (Å²) < 4.78 is 39.2. The molecule has 2 rings (SSSR count). The van der Waals surface area contributed by atoms with Crippen LogP contribution in [-0.4, -0.2) is 32.2 Å². The average Bonchev–Trinajstić information content (AvgIpc) is 2.53. The number of benzene rings is 2. The Kier molecular flexibility index (Phi) is 6.05. The van der Waals surface area contributed by atoms with Gasteiger partial charge in [-0.2, -0.15) is 4.31 Å². The molecule has 0 saturated carbocycles. The molecule has 1 amide bonds. The third-order valence-electron chi connectivity index (χ3n) is 3.91. The lowest BCUT2D eigenvalue weighted by Crippen LogP contribution is -2.35. The van der Waals surface area contributed by atoms with Crippen molar-refractivity contribution in [2.75, 3.05) is 18.9 Å². The van der Waals surface area contributed by atoms with Gasteiger partial charge in [0.05, 0.1) is 16.5 Å². The molecule has 26 heavy (non-hydrogen) atoms. The molecular weight excluding hydrogens is 379 g/mol. The Hall–Kier alpha value is -1.96. The van der Waals surface area contributed by atoms with Crippen LogP contribution in [0.3, 0.4) is 0 Å². The number of halogens is 2. The van der Waals surface area contributed by atoms with Crippen molar-refractivity contribution in [2.24, 2.45) is 0 Å². The van der Waals surface area contributed by atoms with Crippen molar-refractivity contribution in [3.8, 4) is 0 Å². The SMILES string of the molecule is Cc1cc(C)c(NC(=O)CN(C)S(=O)(=O)c2ccc(F)c(Cl)c2)c(C)c1. The molecule has 0 aromatic heterocycles. The Labute approximate surface area is 157 Å². The number of likely N-dealkylation sites (N-methyl/N-ethyl adjacent to an activating group) is 1. The van der Waals surface area contributed by atoms with Crippen LogP contribution in [0.2, 0.25) is 5.02 Å². The smallest absolute Gasteiger partial charge is 0.243 e. The van der Waals surface area contributed by atoms with Crippen LogP contribution in [0, 0.1) is 26.6 Å². The van der Waals surface area contributed by atoms with Crippen molar-refractivity contribution >= 4 is 33.2 Å². The molecule has 0 heterocycles. The Morgan fingerprint density at radius 3 is 2.27 bits per heavy atom. The monoisotopic (exact) mass is 398 g/mol. The van der Waals surface area contributed by atoms with E-state index in [1.54, 1.807) is 0 Å². The van der Waals surface area contributed by atoms with E-state index in [-0.39, 0.29) is 16.5 Å². The molecule has 5 nitrogen and oxygen atoms in total. The van der Waals surface area contributed by atoms with Gasteiger partial charge in [0.15, 0.2) is 0 Å². The molecule has 8 heteroatoms. The second kappa shape index (κ2) is 7.73. The van der Waals surface area contributed by atoms with E-state index in [1.807, 2.05) is 32.9 Å². The van der Waals surface area contributed by atoms with Crippen molar-refractivity contribution in [2.45, 2.75) is 25.7 Å². The highest BCUT2D eigenvalue weighted by molar-refractivity contribution is 7.89. The fraction of sp³-hybridized carbons (Fsp3) is 0.278. The first-order valence-electron chi connectivity index (χ1n) is 7.81. The number of nitrogens with one attached hydrogen (secondary N) is 1. The van der Waals surface area contributed by atoms with Crippen molar-refractivity contribution in [1.29, 1.82) is 0 Å². The standard InChI is InChI=1S/C18H20ClFN2O3S/c1-11-7-12(2)18(13(3)8-11)21-17(23)10-22(4)26(24,25)14-5-6-16(20)15(19)9-14/h5-9H,10H2,1-4H3,(H,21,23). The lowest BCUT2D eigenvalue weighted by Gasteiger charge is -2.18. The molecule has 0 saturated heterocycles. The summed E-state index contributed by atoms with van der Waals surface area (Å²) in [6.45, 7) is 5.32.